The SMILES string of the molecule is CC(C)(C)c1ccc(OCCCN2CCC(=C(c3ccc(F)cc3)c3ccc(F)cc3)CC2)cc1. The number of hydrogen-bond acceptors (Lipinski definition) is 2. The first-order valence-electron chi connectivity index (χ1n) is 12.5. The highest BCUT2D eigenvalue weighted by molar-refractivity contribution is 5.82. The van der Waals surface area contributed by atoms with Crippen LogP contribution in [0.2, 0.25) is 0 Å². The Balaban J connectivity index is 1.34. The maximum atomic E-state index is 13.5. The maximum Gasteiger partial charge on any atom is 0.123 e. The van der Waals surface area contributed by atoms with Crippen LogP contribution in [0.5, 0.6) is 5.75 Å². The zero-order valence-electron chi connectivity index (χ0n) is 21.0. The molecule has 0 radical (unpaired) electrons. The number of ether oxygens (including phenoxy) is 1. The molecule has 0 unspecified atom stereocenters. The summed E-state index contributed by atoms with van der Waals surface area (Å²) in [5.74, 6) is 0.420. The van der Waals surface area contributed by atoms with Crippen LogP contribution in [0.15, 0.2) is 78.4 Å². The normalized spacial score (nSPS) is 14.7. The molecular formula is C31H35F2NO. The van der Waals surface area contributed by atoms with Crippen molar-refractivity contribution >= 4 is 5.57 Å². The number of benzene rings is 3. The topological polar surface area (TPSA) is 12.5 Å². The van der Waals surface area contributed by atoms with Crippen LogP contribution in [-0.4, -0.2) is 31.1 Å². The molecule has 0 aliphatic carbocycles. The van der Waals surface area contributed by atoms with Gasteiger partial charge in [-0.15, -0.1) is 0 Å². The second-order valence-electron chi connectivity index (χ2n) is 10.3. The lowest BCUT2D eigenvalue weighted by Gasteiger charge is -2.30. The summed E-state index contributed by atoms with van der Waals surface area (Å²) >= 11 is 0. The minimum Gasteiger partial charge on any atom is -0.494 e. The van der Waals surface area contributed by atoms with Crippen LogP contribution in [0.4, 0.5) is 8.78 Å². The number of hydrogen-bond donors (Lipinski definition) is 0. The summed E-state index contributed by atoms with van der Waals surface area (Å²) in [5.41, 5.74) is 5.86. The third kappa shape index (κ3) is 6.79. The van der Waals surface area contributed by atoms with Gasteiger partial charge in [-0.05, 0) is 83.3 Å². The van der Waals surface area contributed by atoms with Gasteiger partial charge >= 0.3 is 0 Å². The lowest BCUT2D eigenvalue weighted by Crippen LogP contribution is -2.32. The Morgan fingerprint density at radius 1 is 0.771 bits per heavy atom. The fraction of sp³-hybridized carbons (Fsp3) is 0.355. The smallest absolute Gasteiger partial charge is 0.123 e. The Kier molecular flexibility index (Phi) is 8.02. The Hall–Kier alpha value is -2.98. The van der Waals surface area contributed by atoms with Crippen LogP contribution in [-0.2, 0) is 5.41 Å². The molecular weight excluding hydrogens is 440 g/mol. The van der Waals surface area contributed by atoms with E-state index >= 15 is 0 Å². The standard InChI is InChI=1S/C31H35F2NO/c1-31(2,3)26-9-15-29(16-10-26)35-22-4-19-34-20-17-25(18-21-34)30(23-5-11-27(32)12-6-23)24-7-13-28(33)14-8-24/h5-16H,4,17-22H2,1-3H3. The summed E-state index contributed by atoms with van der Waals surface area (Å²) in [6.07, 6.45) is 2.86. The van der Waals surface area contributed by atoms with Crippen molar-refractivity contribution in [1.29, 1.82) is 0 Å². The molecule has 4 heteroatoms. The Labute approximate surface area is 208 Å². The first kappa shape index (κ1) is 25.1. The lowest BCUT2D eigenvalue weighted by molar-refractivity contribution is 0.223. The van der Waals surface area contributed by atoms with Gasteiger partial charge in [0.15, 0.2) is 0 Å². The average molecular weight is 476 g/mol. The van der Waals surface area contributed by atoms with Crippen LogP contribution in [0.3, 0.4) is 0 Å². The zero-order valence-corrected chi connectivity index (χ0v) is 21.0. The van der Waals surface area contributed by atoms with Crippen molar-refractivity contribution in [3.8, 4) is 5.75 Å². The molecule has 0 bridgehead atoms. The number of nitrogens with zero attached hydrogens (tertiary/aromatic N) is 1. The lowest BCUT2D eigenvalue weighted by atomic mass is 9.87. The molecule has 1 aliphatic rings. The molecule has 1 aliphatic heterocycles. The van der Waals surface area contributed by atoms with Gasteiger partial charge in [-0.1, -0.05) is 62.7 Å². The van der Waals surface area contributed by atoms with E-state index in [2.05, 4.69) is 49.9 Å². The summed E-state index contributed by atoms with van der Waals surface area (Å²) in [6.45, 7) is 10.3. The van der Waals surface area contributed by atoms with Gasteiger partial charge in [0.1, 0.15) is 17.4 Å². The highest BCUT2D eigenvalue weighted by Gasteiger charge is 2.19. The first-order valence-corrected chi connectivity index (χ1v) is 12.5. The molecule has 184 valence electrons. The van der Waals surface area contributed by atoms with Gasteiger partial charge in [-0.3, -0.25) is 0 Å². The molecule has 0 saturated carbocycles. The predicted molar refractivity (Wildman–Crippen MR) is 140 cm³/mol. The highest BCUT2D eigenvalue weighted by atomic mass is 19.1. The monoisotopic (exact) mass is 475 g/mol. The van der Waals surface area contributed by atoms with Crippen molar-refractivity contribution < 1.29 is 13.5 Å². The summed E-state index contributed by atoms with van der Waals surface area (Å²) in [5, 5.41) is 0. The summed E-state index contributed by atoms with van der Waals surface area (Å²) in [4.78, 5) is 2.47. The number of piperidine rings is 1. The fourth-order valence-corrected chi connectivity index (χ4v) is 4.63. The quantitative estimate of drug-likeness (QED) is 0.326. The third-order valence-corrected chi connectivity index (χ3v) is 6.69. The molecule has 2 nitrogen and oxygen atoms in total. The summed E-state index contributed by atoms with van der Waals surface area (Å²) in [7, 11) is 0. The van der Waals surface area contributed by atoms with Gasteiger partial charge in [-0.25, -0.2) is 8.78 Å². The van der Waals surface area contributed by atoms with Crippen LogP contribution in [0, 0.1) is 11.6 Å². The predicted octanol–water partition coefficient (Wildman–Crippen LogP) is 7.63. The Morgan fingerprint density at radius 2 is 1.29 bits per heavy atom. The molecule has 4 rings (SSSR count). The summed E-state index contributed by atoms with van der Waals surface area (Å²) in [6, 6.07) is 21.7. The molecule has 0 amide bonds. The fourth-order valence-electron chi connectivity index (χ4n) is 4.63. The van der Waals surface area contributed by atoms with Gasteiger partial charge in [0.25, 0.3) is 0 Å². The maximum absolute atomic E-state index is 13.5. The first-order chi connectivity index (χ1) is 16.8. The van der Waals surface area contributed by atoms with Crippen molar-refractivity contribution in [2.45, 2.75) is 45.4 Å². The molecule has 1 heterocycles. The second-order valence-corrected chi connectivity index (χ2v) is 10.3. The van der Waals surface area contributed by atoms with Gasteiger partial charge in [0.05, 0.1) is 6.61 Å². The molecule has 0 spiro atoms. The number of likely N-dealkylation sites (tertiary alicyclic amines) is 1. The van der Waals surface area contributed by atoms with E-state index in [9.17, 15) is 8.78 Å². The third-order valence-electron chi connectivity index (χ3n) is 6.69. The van der Waals surface area contributed by atoms with E-state index in [1.165, 1.54) is 35.4 Å². The van der Waals surface area contributed by atoms with E-state index in [4.69, 9.17) is 4.74 Å². The molecule has 35 heavy (non-hydrogen) atoms. The molecule has 3 aromatic rings. The van der Waals surface area contributed by atoms with E-state index in [1.54, 1.807) is 0 Å². The molecule has 0 aromatic heterocycles. The Bertz CT molecular complexity index is 1070. The minimum atomic E-state index is -0.251. The van der Waals surface area contributed by atoms with Crippen LogP contribution in [0.1, 0.15) is 56.7 Å². The Morgan fingerprint density at radius 3 is 1.77 bits per heavy atom. The van der Waals surface area contributed by atoms with E-state index < -0.39 is 0 Å². The van der Waals surface area contributed by atoms with Crippen molar-refractivity contribution in [2.75, 3.05) is 26.2 Å². The van der Waals surface area contributed by atoms with Gasteiger partial charge in [-0.2, -0.15) is 0 Å². The summed E-state index contributed by atoms with van der Waals surface area (Å²) < 4.78 is 33.0. The largest absolute Gasteiger partial charge is 0.494 e. The van der Waals surface area contributed by atoms with Crippen molar-refractivity contribution in [3.05, 3.63) is 107 Å². The van der Waals surface area contributed by atoms with Crippen LogP contribution in [0.25, 0.3) is 5.57 Å². The molecule has 3 aromatic carbocycles. The molecule has 0 atom stereocenters. The van der Waals surface area contributed by atoms with Crippen LogP contribution >= 0.6 is 0 Å². The van der Waals surface area contributed by atoms with Crippen LogP contribution < -0.4 is 4.74 Å². The average Bonchev–Trinajstić information content (AvgIpc) is 2.85. The second kappa shape index (κ2) is 11.2. The van der Waals surface area contributed by atoms with Gasteiger partial charge in [0, 0.05) is 19.6 Å². The number of halogens is 2. The van der Waals surface area contributed by atoms with Crippen molar-refractivity contribution in [1.82, 2.24) is 4.90 Å². The van der Waals surface area contributed by atoms with Gasteiger partial charge in [0.2, 0.25) is 0 Å². The number of rotatable bonds is 7. The van der Waals surface area contributed by atoms with Crippen molar-refractivity contribution in [3.63, 3.8) is 0 Å². The van der Waals surface area contributed by atoms with E-state index in [0.29, 0.717) is 6.61 Å². The van der Waals surface area contributed by atoms with E-state index in [-0.39, 0.29) is 17.0 Å². The molecule has 0 N–H and O–H groups in total. The molecule has 1 fully saturated rings. The van der Waals surface area contributed by atoms with E-state index in [0.717, 1.165) is 61.3 Å². The highest BCUT2D eigenvalue weighted by Crippen LogP contribution is 2.33. The molecule has 1 saturated heterocycles. The minimum absolute atomic E-state index is 0.146. The van der Waals surface area contributed by atoms with Crippen molar-refractivity contribution in [2.24, 2.45) is 0 Å². The zero-order chi connectivity index (χ0) is 24.8. The van der Waals surface area contributed by atoms with Gasteiger partial charge < -0.3 is 9.64 Å². The van der Waals surface area contributed by atoms with E-state index in [1.807, 2.05) is 24.3 Å².